The largest absolute Gasteiger partial charge is 0.292 e. The molecule has 0 saturated heterocycles. The van der Waals surface area contributed by atoms with Gasteiger partial charge in [0, 0.05) is 18.0 Å². The molecule has 4 rings (SSSR count). The zero-order valence-electron chi connectivity index (χ0n) is 13.0. The summed E-state index contributed by atoms with van der Waals surface area (Å²) >= 11 is 0. The molecule has 0 bridgehead atoms. The number of para-hydroxylation sites is 1. The van der Waals surface area contributed by atoms with Crippen LogP contribution >= 0.6 is 0 Å². The summed E-state index contributed by atoms with van der Waals surface area (Å²) in [6.07, 6.45) is 3.96. The molecule has 2 aromatic heterocycles. The summed E-state index contributed by atoms with van der Waals surface area (Å²) in [6.45, 7) is 0.695. The van der Waals surface area contributed by atoms with E-state index in [0.717, 1.165) is 16.5 Å². The molecule has 0 radical (unpaired) electrons. The summed E-state index contributed by atoms with van der Waals surface area (Å²) in [6, 6.07) is 17.8. The van der Waals surface area contributed by atoms with E-state index in [1.54, 1.807) is 6.20 Å². The molecule has 5 heteroatoms. The lowest BCUT2D eigenvalue weighted by Crippen LogP contribution is -2.04. The topological polar surface area (TPSA) is 63.6 Å². The SMILES string of the molecule is O=C(Cc1cnn(Cc2ccccc2)c1)c1n[nH]c2ccccc12. The number of fused-ring (bicyclic) bond motifs is 1. The molecule has 1 N–H and O–H groups in total. The normalized spacial score (nSPS) is 11.0. The van der Waals surface area contributed by atoms with Crippen molar-refractivity contribution < 1.29 is 4.79 Å². The van der Waals surface area contributed by atoms with Crippen molar-refractivity contribution in [2.75, 3.05) is 0 Å². The first-order valence-corrected chi connectivity index (χ1v) is 7.81. The number of benzene rings is 2. The maximum Gasteiger partial charge on any atom is 0.188 e. The minimum absolute atomic E-state index is 0.00767. The Bertz CT molecular complexity index is 985. The summed E-state index contributed by atoms with van der Waals surface area (Å²) in [5, 5.41) is 12.3. The van der Waals surface area contributed by atoms with Gasteiger partial charge in [-0.15, -0.1) is 0 Å². The van der Waals surface area contributed by atoms with Crippen LogP contribution in [0.5, 0.6) is 0 Å². The molecule has 118 valence electrons. The fourth-order valence-corrected chi connectivity index (χ4v) is 2.80. The molecule has 2 heterocycles. The van der Waals surface area contributed by atoms with Crippen molar-refractivity contribution >= 4 is 16.7 Å². The smallest absolute Gasteiger partial charge is 0.188 e. The summed E-state index contributed by atoms with van der Waals surface area (Å²) in [4.78, 5) is 12.5. The zero-order chi connectivity index (χ0) is 16.4. The van der Waals surface area contributed by atoms with E-state index < -0.39 is 0 Å². The van der Waals surface area contributed by atoms with Crippen LogP contribution in [-0.4, -0.2) is 25.8 Å². The van der Waals surface area contributed by atoms with Crippen molar-refractivity contribution in [2.24, 2.45) is 0 Å². The lowest BCUT2D eigenvalue weighted by Gasteiger charge is -2.00. The van der Waals surface area contributed by atoms with E-state index in [2.05, 4.69) is 27.4 Å². The van der Waals surface area contributed by atoms with Crippen LogP contribution in [0, 0.1) is 0 Å². The van der Waals surface area contributed by atoms with Gasteiger partial charge in [-0.25, -0.2) is 0 Å². The molecule has 4 aromatic rings. The third-order valence-electron chi connectivity index (χ3n) is 3.97. The molecule has 0 amide bonds. The van der Waals surface area contributed by atoms with Crippen LogP contribution in [0.15, 0.2) is 67.0 Å². The molecule has 2 aromatic carbocycles. The second kappa shape index (κ2) is 6.12. The van der Waals surface area contributed by atoms with E-state index in [0.29, 0.717) is 18.7 Å². The Kier molecular flexibility index (Phi) is 3.67. The number of carbonyl (C=O) groups excluding carboxylic acids is 1. The van der Waals surface area contributed by atoms with Crippen LogP contribution in [0.1, 0.15) is 21.6 Å². The van der Waals surface area contributed by atoms with Crippen LogP contribution in [0.4, 0.5) is 0 Å². The molecule has 5 nitrogen and oxygen atoms in total. The highest BCUT2D eigenvalue weighted by molar-refractivity contribution is 6.06. The highest BCUT2D eigenvalue weighted by Crippen LogP contribution is 2.17. The Morgan fingerprint density at radius 3 is 2.67 bits per heavy atom. The van der Waals surface area contributed by atoms with Gasteiger partial charge in [-0.1, -0.05) is 48.5 Å². The lowest BCUT2D eigenvalue weighted by molar-refractivity contribution is 0.0989. The van der Waals surface area contributed by atoms with Crippen molar-refractivity contribution in [3.05, 3.63) is 83.8 Å². The molecule has 0 unspecified atom stereocenters. The number of Topliss-reactive ketones (excluding diaryl/α,β-unsaturated/α-hetero) is 1. The Labute approximate surface area is 138 Å². The van der Waals surface area contributed by atoms with Crippen LogP contribution < -0.4 is 0 Å². The zero-order valence-corrected chi connectivity index (χ0v) is 13.0. The van der Waals surface area contributed by atoms with E-state index in [9.17, 15) is 4.79 Å². The molecule has 0 aliphatic rings. The number of nitrogens with zero attached hydrogens (tertiary/aromatic N) is 3. The number of hydrogen-bond acceptors (Lipinski definition) is 3. The van der Waals surface area contributed by atoms with Crippen LogP contribution in [0.2, 0.25) is 0 Å². The second-order valence-electron chi connectivity index (χ2n) is 5.75. The van der Waals surface area contributed by atoms with Gasteiger partial charge in [-0.05, 0) is 17.2 Å². The van der Waals surface area contributed by atoms with Gasteiger partial charge < -0.3 is 0 Å². The fourth-order valence-electron chi connectivity index (χ4n) is 2.80. The first-order chi connectivity index (χ1) is 11.8. The number of ketones is 1. The van der Waals surface area contributed by atoms with Gasteiger partial charge >= 0.3 is 0 Å². The maximum absolute atomic E-state index is 12.5. The average Bonchev–Trinajstić information content (AvgIpc) is 3.22. The number of aromatic amines is 1. The monoisotopic (exact) mass is 316 g/mol. The highest BCUT2D eigenvalue weighted by Gasteiger charge is 2.15. The van der Waals surface area contributed by atoms with Gasteiger partial charge in [0.15, 0.2) is 5.78 Å². The fraction of sp³-hybridized carbons (Fsp3) is 0.105. The molecule has 0 spiro atoms. The van der Waals surface area contributed by atoms with E-state index in [1.807, 2.05) is 53.3 Å². The van der Waals surface area contributed by atoms with Crippen molar-refractivity contribution in [1.82, 2.24) is 20.0 Å². The number of aromatic nitrogens is 4. The Morgan fingerprint density at radius 1 is 1.00 bits per heavy atom. The van der Waals surface area contributed by atoms with E-state index in [1.165, 1.54) is 5.56 Å². The number of hydrogen-bond donors (Lipinski definition) is 1. The van der Waals surface area contributed by atoms with E-state index >= 15 is 0 Å². The average molecular weight is 316 g/mol. The summed E-state index contributed by atoms with van der Waals surface area (Å²) in [7, 11) is 0. The van der Waals surface area contributed by atoms with Crippen molar-refractivity contribution in [3.8, 4) is 0 Å². The quantitative estimate of drug-likeness (QED) is 0.575. The Balaban J connectivity index is 1.50. The van der Waals surface area contributed by atoms with Gasteiger partial charge in [0.25, 0.3) is 0 Å². The van der Waals surface area contributed by atoms with Crippen LogP contribution in [0.3, 0.4) is 0 Å². The number of rotatable bonds is 5. The van der Waals surface area contributed by atoms with Gasteiger partial charge in [-0.2, -0.15) is 10.2 Å². The third-order valence-corrected chi connectivity index (χ3v) is 3.97. The standard InChI is InChI=1S/C19H16N4O/c24-18(19-16-8-4-5-9-17(16)21-22-19)10-15-11-20-23(13-15)12-14-6-2-1-3-7-14/h1-9,11,13H,10,12H2,(H,21,22). The number of carbonyl (C=O) groups is 1. The van der Waals surface area contributed by atoms with Crippen molar-refractivity contribution in [1.29, 1.82) is 0 Å². The predicted molar refractivity (Wildman–Crippen MR) is 91.9 cm³/mol. The maximum atomic E-state index is 12.5. The van der Waals surface area contributed by atoms with Gasteiger partial charge in [-0.3, -0.25) is 14.6 Å². The Morgan fingerprint density at radius 2 is 1.79 bits per heavy atom. The molecular formula is C19H16N4O. The van der Waals surface area contributed by atoms with Crippen LogP contribution in [0.25, 0.3) is 10.9 Å². The van der Waals surface area contributed by atoms with Gasteiger partial charge in [0.2, 0.25) is 0 Å². The van der Waals surface area contributed by atoms with Gasteiger partial charge in [0.05, 0.1) is 18.3 Å². The highest BCUT2D eigenvalue weighted by atomic mass is 16.1. The summed E-state index contributed by atoms with van der Waals surface area (Å²) in [5.41, 5.74) is 3.43. The summed E-state index contributed by atoms with van der Waals surface area (Å²) < 4.78 is 1.85. The predicted octanol–water partition coefficient (Wildman–Crippen LogP) is 3.23. The molecule has 0 aliphatic carbocycles. The molecule has 24 heavy (non-hydrogen) atoms. The van der Waals surface area contributed by atoms with Crippen LogP contribution in [-0.2, 0) is 13.0 Å². The number of nitrogens with one attached hydrogen (secondary N) is 1. The second-order valence-corrected chi connectivity index (χ2v) is 5.75. The molecular weight excluding hydrogens is 300 g/mol. The van der Waals surface area contributed by atoms with Crippen molar-refractivity contribution in [3.63, 3.8) is 0 Å². The molecule has 0 atom stereocenters. The third kappa shape index (κ3) is 2.84. The molecule has 0 saturated carbocycles. The lowest BCUT2D eigenvalue weighted by atomic mass is 10.1. The van der Waals surface area contributed by atoms with Gasteiger partial charge in [0.1, 0.15) is 5.69 Å². The molecule has 0 aliphatic heterocycles. The molecule has 0 fully saturated rings. The first kappa shape index (κ1) is 14.4. The van der Waals surface area contributed by atoms with E-state index in [4.69, 9.17) is 0 Å². The summed E-state index contributed by atoms with van der Waals surface area (Å²) in [5.74, 6) is -0.00767. The number of H-pyrrole nitrogens is 1. The Hall–Kier alpha value is -3.21. The minimum atomic E-state index is -0.00767. The van der Waals surface area contributed by atoms with Crippen molar-refractivity contribution in [2.45, 2.75) is 13.0 Å². The van der Waals surface area contributed by atoms with E-state index in [-0.39, 0.29) is 5.78 Å². The first-order valence-electron chi connectivity index (χ1n) is 7.81. The minimum Gasteiger partial charge on any atom is -0.292 e.